The predicted octanol–water partition coefficient (Wildman–Crippen LogP) is 2.38. The zero-order valence-corrected chi connectivity index (χ0v) is 11.1. The molecule has 0 N–H and O–H groups in total. The Labute approximate surface area is 115 Å². The van der Waals surface area contributed by atoms with Crippen LogP contribution in [-0.4, -0.2) is 17.9 Å². The smallest absolute Gasteiger partial charge is 0.344 e. The second-order valence-corrected chi connectivity index (χ2v) is 4.46. The standard InChI is InChI=1S/C14H13NO5/c1-8-13(9(2)20-15-8)14(16)17-6-10-3-4-11-12(5-10)19-7-18-11/h3-5H,6-7H2,1-2H3. The van der Waals surface area contributed by atoms with Crippen molar-refractivity contribution in [2.45, 2.75) is 20.5 Å². The number of benzene rings is 1. The maximum atomic E-state index is 12.0. The molecule has 0 unspecified atom stereocenters. The number of aryl methyl sites for hydroxylation is 2. The van der Waals surface area contributed by atoms with Crippen molar-refractivity contribution in [1.82, 2.24) is 5.16 Å². The molecular weight excluding hydrogens is 262 g/mol. The van der Waals surface area contributed by atoms with Gasteiger partial charge in [-0.05, 0) is 31.5 Å². The molecule has 0 saturated carbocycles. The Kier molecular flexibility index (Phi) is 3.06. The monoisotopic (exact) mass is 275 g/mol. The largest absolute Gasteiger partial charge is 0.457 e. The van der Waals surface area contributed by atoms with E-state index in [1.54, 1.807) is 26.0 Å². The van der Waals surface area contributed by atoms with E-state index in [0.717, 1.165) is 5.56 Å². The Morgan fingerprint density at radius 2 is 2.10 bits per heavy atom. The van der Waals surface area contributed by atoms with Crippen LogP contribution >= 0.6 is 0 Å². The number of fused-ring (bicyclic) bond motifs is 1. The molecule has 1 aromatic carbocycles. The highest BCUT2D eigenvalue weighted by molar-refractivity contribution is 5.91. The molecule has 0 radical (unpaired) electrons. The molecule has 0 aliphatic carbocycles. The quantitative estimate of drug-likeness (QED) is 0.801. The van der Waals surface area contributed by atoms with Gasteiger partial charge in [0.15, 0.2) is 11.5 Å². The zero-order valence-electron chi connectivity index (χ0n) is 11.1. The Morgan fingerprint density at radius 3 is 2.85 bits per heavy atom. The third-order valence-corrected chi connectivity index (χ3v) is 3.04. The fourth-order valence-electron chi connectivity index (χ4n) is 2.03. The molecule has 0 amide bonds. The van der Waals surface area contributed by atoms with Gasteiger partial charge in [-0.25, -0.2) is 4.79 Å². The summed E-state index contributed by atoms with van der Waals surface area (Å²) in [5, 5.41) is 3.73. The molecule has 0 atom stereocenters. The first-order valence-corrected chi connectivity index (χ1v) is 6.13. The van der Waals surface area contributed by atoms with Crippen LogP contribution in [0, 0.1) is 13.8 Å². The van der Waals surface area contributed by atoms with E-state index in [-0.39, 0.29) is 13.4 Å². The van der Waals surface area contributed by atoms with Gasteiger partial charge in [0.1, 0.15) is 17.9 Å². The molecule has 1 aliphatic heterocycles. The maximum absolute atomic E-state index is 12.0. The summed E-state index contributed by atoms with van der Waals surface area (Å²) in [5.74, 6) is 1.37. The van der Waals surface area contributed by atoms with E-state index in [2.05, 4.69) is 5.16 Å². The Bertz CT molecular complexity index is 642. The van der Waals surface area contributed by atoms with Gasteiger partial charge in [0.05, 0.1) is 5.69 Å². The number of rotatable bonds is 3. The van der Waals surface area contributed by atoms with Crippen molar-refractivity contribution in [2.24, 2.45) is 0 Å². The topological polar surface area (TPSA) is 70.8 Å². The maximum Gasteiger partial charge on any atom is 0.344 e. The summed E-state index contributed by atoms with van der Waals surface area (Å²) >= 11 is 0. The molecule has 0 fully saturated rings. The lowest BCUT2D eigenvalue weighted by Gasteiger charge is -2.05. The van der Waals surface area contributed by atoms with Gasteiger partial charge in [-0.2, -0.15) is 0 Å². The van der Waals surface area contributed by atoms with Crippen molar-refractivity contribution in [1.29, 1.82) is 0 Å². The lowest BCUT2D eigenvalue weighted by atomic mass is 10.2. The average Bonchev–Trinajstić information content (AvgIpc) is 3.02. The number of carbonyl (C=O) groups is 1. The number of hydrogen-bond donors (Lipinski definition) is 0. The van der Waals surface area contributed by atoms with E-state index in [1.165, 1.54) is 0 Å². The Morgan fingerprint density at radius 1 is 1.30 bits per heavy atom. The summed E-state index contributed by atoms with van der Waals surface area (Å²) in [6.07, 6.45) is 0. The van der Waals surface area contributed by atoms with Gasteiger partial charge in [-0.15, -0.1) is 0 Å². The first kappa shape index (κ1) is 12.5. The Hall–Kier alpha value is -2.50. The number of aromatic nitrogens is 1. The molecule has 1 aromatic heterocycles. The minimum Gasteiger partial charge on any atom is -0.457 e. The van der Waals surface area contributed by atoms with Gasteiger partial charge >= 0.3 is 5.97 Å². The molecule has 3 rings (SSSR count). The van der Waals surface area contributed by atoms with E-state index in [4.69, 9.17) is 18.7 Å². The fourth-order valence-corrected chi connectivity index (χ4v) is 2.03. The summed E-state index contributed by atoms with van der Waals surface area (Å²) in [6.45, 7) is 3.75. The van der Waals surface area contributed by atoms with Crippen LogP contribution in [0.1, 0.15) is 27.4 Å². The lowest BCUT2D eigenvalue weighted by Crippen LogP contribution is -2.07. The molecule has 1 aliphatic rings. The highest BCUT2D eigenvalue weighted by atomic mass is 16.7. The van der Waals surface area contributed by atoms with Crippen LogP contribution in [-0.2, 0) is 11.3 Å². The second kappa shape index (κ2) is 4.88. The highest BCUT2D eigenvalue weighted by Crippen LogP contribution is 2.32. The van der Waals surface area contributed by atoms with Gasteiger partial charge in [-0.1, -0.05) is 11.2 Å². The number of esters is 1. The van der Waals surface area contributed by atoms with Crippen molar-refractivity contribution in [2.75, 3.05) is 6.79 Å². The third kappa shape index (κ3) is 2.20. The van der Waals surface area contributed by atoms with Gasteiger partial charge in [0, 0.05) is 0 Å². The molecule has 20 heavy (non-hydrogen) atoms. The number of ether oxygens (including phenoxy) is 3. The van der Waals surface area contributed by atoms with Crippen LogP contribution in [0.15, 0.2) is 22.7 Å². The van der Waals surface area contributed by atoms with Crippen LogP contribution in [0.2, 0.25) is 0 Å². The minimum atomic E-state index is -0.445. The van der Waals surface area contributed by atoms with E-state index in [1.807, 2.05) is 6.07 Å². The molecule has 0 bridgehead atoms. The molecule has 0 saturated heterocycles. The predicted molar refractivity (Wildman–Crippen MR) is 67.7 cm³/mol. The van der Waals surface area contributed by atoms with E-state index in [9.17, 15) is 4.79 Å². The van der Waals surface area contributed by atoms with Crippen molar-refractivity contribution >= 4 is 5.97 Å². The summed E-state index contributed by atoms with van der Waals surface area (Å²) in [7, 11) is 0. The van der Waals surface area contributed by atoms with Crippen molar-refractivity contribution in [3.05, 3.63) is 40.8 Å². The van der Waals surface area contributed by atoms with Crippen molar-refractivity contribution in [3.63, 3.8) is 0 Å². The minimum absolute atomic E-state index is 0.152. The van der Waals surface area contributed by atoms with Gasteiger partial charge in [0.25, 0.3) is 0 Å². The third-order valence-electron chi connectivity index (χ3n) is 3.04. The summed E-state index contributed by atoms with van der Waals surface area (Å²) < 4.78 is 20.7. The first-order chi connectivity index (χ1) is 9.65. The zero-order chi connectivity index (χ0) is 14.1. The molecule has 2 heterocycles. The molecule has 2 aromatic rings. The van der Waals surface area contributed by atoms with E-state index in [0.29, 0.717) is 28.5 Å². The normalized spacial score (nSPS) is 12.5. The molecular formula is C14H13NO5. The number of nitrogens with zero attached hydrogens (tertiary/aromatic N) is 1. The second-order valence-electron chi connectivity index (χ2n) is 4.46. The summed E-state index contributed by atoms with van der Waals surface area (Å²) in [5.41, 5.74) is 1.73. The van der Waals surface area contributed by atoms with Gasteiger partial charge < -0.3 is 18.7 Å². The molecule has 6 heteroatoms. The van der Waals surface area contributed by atoms with E-state index >= 15 is 0 Å². The SMILES string of the molecule is Cc1noc(C)c1C(=O)OCc1ccc2c(c1)OCO2. The summed E-state index contributed by atoms with van der Waals surface area (Å²) in [6, 6.07) is 5.42. The Balaban J connectivity index is 1.69. The fraction of sp³-hybridized carbons (Fsp3) is 0.286. The van der Waals surface area contributed by atoms with Crippen LogP contribution in [0.25, 0.3) is 0 Å². The number of carbonyl (C=O) groups excluding carboxylic acids is 1. The number of hydrogen-bond acceptors (Lipinski definition) is 6. The average molecular weight is 275 g/mol. The van der Waals surface area contributed by atoms with Crippen molar-refractivity contribution < 1.29 is 23.5 Å². The first-order valence-electron chi connectivity index (χ1n) is 6.13. The van der Waals surface area contributed by atoms with Crippen LogP contribution in [0.5, 0.6) is 11.5 Å². The summed E-state index contributed by atoms with van der Waals surface area (Å²) in [4.78, 5) is 12.0. The highest BCUT2D eigenvalue weighted by Gasteiger charge is 2.19. The van der Waals surface area contributed by atoms with Crippen molar-refractivity contribution in [3.8, 4) is 11.5 Å². The molecule has 0 spiro atoms. The van der Waals surface area contributed by atoms with Crippen LogP contribution < -0.4 is 9.47 Å². The molecule has 104 valence electrons. The van der Waals surface area contributed by atoms with E-state index < -0.39 is 5.97 Å². The lowest BCUT2D eigenvalue weighted by molar-refractivity contribution is 0.0469. The molecule has 6 nitrogen and oxygen atoms in total. The van der Waals surface area contributed by atoms with Crippen LogP contribution in [0.4, 0.5) is 0 Å². The van der Waals surface area contributed by atoms with Gasteiger partial charge in [0.2, 0.25) is 6.79 Å². The van der Waals surface area contributed by atoms with Crippen LogP contribution in [0.3, 0.4) is 0 Å². The van der Waals surface area contributed by atoms with Gasteiger partial charge in [-0.3, -0.25) is 0 Å².